The third-order valence-electron chi connectivity index (χ3n) is 4.32. The van der Waals surface area contributed by atoms with E-state index >= 15 is 0 Å². The summed E-state index contributed by atoms with van der Waals surface area (Å²) in [6, 6.07) is 6.10. The number of amides is 2. The third kappa shape index (κ3) is 6.11. The summed E-state index contributed by atoms with van der Waals surface area (Å²) < 4.78 is 43.8. The quantitative estimate of drug-likeness (QED) is 0.344. The first-order valence-corrected chi connectivity index (χ1v) is 9.53. The molecule has 0 aliphatic carbocycles. The van der Waals surface area contributed by atoms with Crippen LogP contribution in [0, 0.1) is 0 Å². The lowest BCUT2D eigenvalue weighted by Gasteiger charge is -2.08. The Kier molecular flexibility index (Phi) is 7.34. The molecular weight excluding hydrogens is 493 g/mol. The van der Waals surface area contributed by atoms with Gasteiger partial charge in [0.25, 0.3) is 11.8 Å². The highest BCUT2D eigenvalue weighted by Crippen LogP contribution is 2.23. The van der Waals surface area contributed by atoms with Gasteiger partial charge in [-0.2, -0.15) is 18.3 Å². The van der Waals surface area contributed by atoms with Gasteiger partial charge in [0, 0.05) is 18.0 Å². The fourth-order valence-electron chi connectivity index (χ4n) is 2.82. The van der Waals surface area contributed by atoms with Crippen LogP contribution in [0.3, 0.4) is 0 Å². The highest BCUT2D eigenvalue weighted by Gasteiger charge is 2.27. The predicted molar refractivity (Wildman–Crippen MR) is 119 cm³/mol. The van der Waals surface area contributed by atoms with Crippen LogP contribution < -0.4 is 16.4 Å². The van der Waals surface area contributed by atoms with Crippen LogP contribution in [0.2, 0.25) is 0 Å². The van der Waals surface area contributed by atoms with Crippen molar-refractivity contribution in [3.8, 4) is 17.1 Å². The summed E-state index contributed by atoms with van der Waals surface area (Å²) in [6.45, 7) is -1.27. The maximum absolute atomic E-state index is 12.7. The molecule has 35 heavy (non-hydrogen) atoms. The molecule has 4 aromatic rings. The molecule has 0 atom stereocenters. The molecule has 0 bridgehead atoms. The molecule has 0 fully saturated rings. The first-order chi connectivity index (χ1) is 16.2. The minimum absolute atomic E-state index is 0. The van der Waals surface area contributed by atoms with E-state index in [0.29, 0.717) is 11.3 Å². The van der Waals surface area contributed by atoms with Crippen molar-refractivity contribution in [2.45, 2.75) is 6.18 Å². The number of nitrogens with zero attached hydrogens (tertiary/aromatic N) is 5. The summed E-state index contributed by atoms with van der Waals surface area (Å²) in [5, 5.41) is 8.72. The third-order valence-corrected chi connectivity index (χ3v) is 4.32. The molecule has 0 aliphatic heterocycles. The van der Waals surface area contributed by atoms with Crippen LogP contribution in [0.15, 0.2) is 59.7 Å². The van der Waals surface area contributed by atoms with E-state index in [1.165, 1.54) is 35.4 Å². The molecule has 2 amide bonds. The Morgan fingerprint density at radius 1 is 1.20 bits per heavy atom. The largest absolute Gasteiger partial charge is 0.444 e. The molecule has 15 heteroatoms. The van der Waals surface area contributed by atoms with Crippen molar-refractivity contribution < 1.29 is 27.2 Å². The zero-order chi connectivity index (χ0) is 24.3. The van der Waals surface area contributed by atoms with Gasteiger partial charge in [0.2, 0.25) is 5.89 Å². The van der Waals surface area contributed by atoms with E-state index < -0.39 is 24.5 Å². The molecule has 0 saturated heterocycles. The maximum Gasteiger partial charge on any atom is 0.405 e. The van der Waals surface area contributed by atoms with Crippen molar-refractivity contribution in [1.29, 1.82) is 0 Å². The highest BCUT2D eigenvalue weighted by atomic mass is 35.5. The molecule has 4 rings (SSSR count). The highest BCUT2D eigenvalue weighted by molar-refractivity contribution is 6.07. The Morgan fingerprint density at radius 3 is 2.69 bits per heavy atom. The summed E-state index contributed by atoms with van der Waals surface area (Å²) in [4.78, 5) is 36.3. The van der Waals surface area contributed by atoms with Gasteiger partial charge in [0.1, 0.15) is 18.6 Å². The van der Waals surface area contributed by atoms with Crippen molar-refractivity contribution in [2.24, 2.45) is 5.73 Å². The number of rotatable bonds is 7. The number of hydrogen-bond acceptors (Lipinski definition) is 8. The second-order valence-corrected chi connectivity index (χ2v) is 6.80. The summed E-state index contributed by atoms with van der Waals surface area (Å²) in [5.41, 5.74) is 5.89. The Bertz CT molecular complexity index is 1340. The fraction of sp³-hybridized carbons (Fsp3) is 0.100. The average Bonchev–Trinajstić information content (AvgIpc) is 3.46. The number of nitrogens with two attached hydrogens (primary N) is 1. The summed E-state index contributed by atoms with van der Waals surface area (Å²) >= 11 is 0. The molecule has 182 valence electrons. The van der Waals surface area contributed by atoms with Crippen molar-refractivity contribution in [3.05, 3.63) is 66.7 Å². The minimum Gasteiger partial charge on any atom is -0.444 e. The lowest BCUT2D eigenvalue weighted by Crippen LogP contribution is -2.21. The van der Waals surface area contributed by atoms with E-state index in [9.17, 15) is 22.8 Å². The van der Waals surface area contributed by atoms with Crippen LogP contribution in [0.5, 0.6) is 0 Å². The number of pyridine rings is 2. The maximum atomic E-state index is 12.7. The number of oxazole rings is 1. The van der Waals surface area contributed by atoms with Crippen molar-refractivity contribution >= 4 is 35.7 Å². The monoisotopic (exact) mass is 508 g/mol. The molecule has 0 saturated carbocycles. The minimum atomic E-state index is -4.42. The number of halogens is 4. The van der Waals surface area contributed by atoms with Gasteiger partial charge < -0.3 is 20.8 Å². The normalized spacial score (nSPS) is 10.9. The molecule has 0 spiro atoms. The number of alkyl halides is 3. The number of anilines is 2. The Balaban J connectivity index is 0.00000342. The first-order valence-electron chi connectivity index (χ1n) is 9.53. The second kappa shape index (κ2) is 10.2. The Hall–Kier alpha value is -4.46. The van der Waals surface area contributed by atoms with Crippen LogP contribution in [0.4, 0.5) is 24.7 Å². The average molecular weight is 509 g/mol. The topological polar surface area (TPSA) is 154 Å². The lowest BCUT2D eigenvalue weighted by atomic mass is 10.2. The smallest absolute Gasteiger partial charge is 0.405 e. The molecule has 0 radical (unpaired) electrons. The van der Waals surface area contributed by atoms with E-state index in [1.807, 2.05) is 0 Å². The number of primary amides is 1. The van der Waals surface area contributed by atoms with E-state index in [2.05, 4.69) is 30.7 Å². The van der Waals surface area contributed by atoms with E-state index in [-0.39, 0.29) is 41.2 Å². The standard InChI is InChI=1S/C20H15F3N8O3.ClH/c21-20(22,23)10-27-15-6-11(3-5-26-15)19-29-14(9-34-19)18(33)28-13-8-31(30-16(13)17(24)32)12-2-1-4-25-7-12;/h1-9H,10H2,(H2,24,32)(H,26,27)(H,28,33);1H. The molecule has 4 heterocycles. The van der Waals surface area contributed by atoms with Crippen LogP contribution in [-0.4, -0.2) is 49.3 Å². The van der Waals surface area contributed by atoms with Crippen LogP contribution >= 0.6 is 12.4 Å². The number of hydrogen-bond donors (Lipinski definition) is 3. The molecule has 0 aliphatic rings. The van der Waals surface area contributed by atoms with Crippen molar-refractivity contribution in [3.63, 3.8) is 0 Å². The van der Waals surface area contributed by atoms with Gasteiger partial charge in [-0.15, -0.1) is 12.4 Å². The van der Waals surface area contributed by atoms with Crippen molar-refractivity contribution in [1.82, 2.24) is 24.7 Å². The SMILES string of the molecule is Cl.NC(=O)c1nn(-c2cccnc2)cc1NC(=O)c1coc(-c2ccnc(NCC(F)(F)F)c2)n1. The Labute approximate surface area is 201 Å². The Morgan fingerprint density at radius 2 is 2.00 bits per heavy atom. The molecule has 0 aromatic carbocycles. The van der Waals surface area contributed by atoms with Gasteiger partial charge in [-0.25, -0.2) is 14.6 Å². The zero-order valence-electron chi connectivity index (χ0n) is 17.5. The van der Waals surface area contributed by atoms with Crippen LogP contribution in [0.25, 0.3) is 17.1 Å². The predicted octanol–water partition coefficient (Wildman–Crippen LogP) is 3.06. The molecular formula is C20H16ClF3N8O3. The lowest BCUT2D eigenvalue weighted by molar-refractivity contribution is -0.115. The van der Waals surface area contributed by atoms with E-state index in [4.69, 9.17) is 10.2 Å². The molecule has 4 N–H and O–H groups in total. The summed E-state index contributed by atoms with van der Waals surface area (Å²) in [5.74, 6) is -1.67. The first kappa shape index (κ1) is 25.2. The van der Waals surface area contributed by atoms with E-state index in [0.717, 1.165) is 6.26 Å². The number of carbonyl (C=O) groups excluding carboxylic acids is 2. The van der Waals surface area contributed by atoms with Gasteiger partial charge >= 0.3 is 6.18 Å². The van der Waals surface area contributed by atoms with Crippen LogP contribution in [0.1, 0.15) is 21.0 Å². The second-order valence-electron chi connectivity index (χ2n) is 6.80. The van der Waals surface area contributed by atoms with Gasteiger partial charge in [0.15, 0.2) is 11.4 Å². The number of carbonyl (C=O) groups is 2. The van der Waals surface area contributed by atoms with Gasteiger partial charge in [-0.05, 0) is 24.3 Å². The number of nitrogens with one attached hydrogen (secondary N) is 2. The molecule has 0 unspecified atom stereocenters. The summed E-state index contributed by atoms with van der Waals surface area (Å²) in [7, 11) is 0. The molecule has 4 aromatic heterocycles. The van der Waals surface area contributed by atoms with Gasteiger partial charge in [0.05, 0.1) is 23.8 Å². The number of aromatic nitrogens is 5. The zero-order valence-corrected chi connectivity index (χ0v) is 18.3. The van der Waals surface area contributed by atoms with Gasteiger partial charge in [-0.3, -0.25) is 14.6 Å². The van der Waals surface area contributed by atoms with Crippen molar-refractivity contribution in [2.75, 3.05) is 17.2 Å². The van der Waals surface area contributed by atoms with Gasteiger partial charge in [-0.1, -0.05) is 0 Å². The summed E-state index contributed by atoms with van der Waals surface area (Å²) in [6.07, 6.45) is 2.36. The molecule has 11 nitrogen and oxygen atoms in total. The van der Waals surface area contributed by atoms with Crippen LogP contribution in [-0.2, 0) is 0 Å². The van der Waals surface area contributed by atoms with E-state index in [1.54, 1.807) is 18.3 Å². The fourth-order valence-corrected chi connectivity index (χ4v) is 2.82.